The van der Waals surface area contributed by atoms with E-state index >= 15 is 0 Å². The second kappa shape index (κ2) is 5.53. The van der Waals surface area contributed by atoms with Crippen molar-refractivity contribution in [3.05, 3.63) is 29.8 Å². The lowest BCUT2D eigenvalue weighted by atomic mass is 10.0. The standard InChI is InChI=1S/C13H18N2O3/c1-9-4-6-10(7-5-9)14-12(18)15-13(2,3)8-11(16)17/h4-7H,8H2,1-3H3,(H,16,17)(H2,14,15,18). The third-order valence-corrected chi connectivity index (χ3v) is 2.35. The monoisotopic (exact) mass is 250 g/mol. The lowest BCUT2D eigenvalue weighted by Gasteiger charge is -2.24. The first-order valence-corrected chi connectivity index (χ1v) is 5.66. The van der Waals surface area contributed by atoms with Crippen LogP contribution in [0, 0.1) is 6.92 Å². The van der Waals surface area contributed by atoms with Gasteiger partial charge in [-0.15, -0.1) is 0 Å². The first-order valence-electron chi connectivity index (χ1n) is 5.66. The fourth-order valence-corrected chi connectivity index (χ4v) is 1.53. The molecular weight excluding hydrogens is 232 g/mol. The zero-order valence-corrected chi connectivity index (χ0v) is 10.8. The Bertz CT molecular complexity index is 438. The molecule has 1 aromatic rings. The Kier molecular flexibility index (Phi) is 4.31. The van der Waals surface area contributed by atoms with Gasteiger partial charge in [0.2, 0.25) is 0 Å². The van der Waals surface area contributed by atoms with Gasteiger partial charge in [-0.05, 0) is 32.9 Å². The van der Waals surface area contributed by atoms with Crippen molar-refractivity contribution in [2.24, 2.45) is 0 Å². The van der Waals surface area contributed by atoms with Gasteiger partial charge in [-0.1, -0.05) is 17.7 Å². The topological polar surface area (TPSA) is 78.4 Å². The van der Waals surface area contributed by atoms with E-state index in [1.165, 1.54) is 0 Å². The smallest absolute Gasteiger partial charge is 0.319 e. The molecule has 0 spiro atoms. The number of hydrogen-bond donors (Lipinski definition) is 3. The van der Waals surface area contributed by atoms with Gasteiger partial charge in [-0.2, -0.15) is 0 Å². The zero-order chi connectivity index (χ0) is 13.8. The molecule has 0 heterocycles. The van der Waals surface area contributed by atoms with E-state index in [-0.39, 0.29) is 6.42 Å². The number of nitrogens with one attached hydrogen (secondary N) is 2. The van der Waals surface area contributed by atoms with Gasteiger partial charge in [0, 0.05) is 11.2 Å². The Morgan fingerprint density at radius 2 is 1.78 bits per heavy atom. The maximum Gasteiger partial charge on any atom is 0.319 e. The molecular formula is C13H18N2O3. The highest BCUT2D eigenvalue weighted by Gasteiger charge is 2.23. The minimum absolute atomic E-state index is 0.131. The van der Waals surface area contributed by atoms with Gasteiger partial charge in [0.05, 0.1) is 6.42 Å². The van der Waals surface area contributed by atoms with Crippen molar-refractivity contribution in [2.75, 3.05) is 5.32 Å². The highest BCUT2D eigenvalue weighted by Crippen LogP contribution is 2.11. The van der Waals surface area contributed by atoms with E-state index in [0.717, 1.165) is 5.56 Å². The fourth-order valence-electron chi connectivity index (χ4n) is 1.53. The number of carbonyl (C=O) groups excluding carboxylic acids is 1. The number of hydrogen-bond acceptors (Lipinski definition) is 2. The highest BCUT2D eigenvalue weighted by molar-refractivity contribution is 5.90. The summed E-state index contributed by atoms with van der Waals surface area (Å²) in [4.78, 5) is 22.3. The number of aliphatic carboxylic acids is 1. The highest BCUT2D eigenvalue weighted by atomic mass is 16.4. The molecule has 0 unspecified atom stereocenters. The van der Waals surface area contributed by atoms with Crippen molar-refractivity contribution >= 4 is 17.7 Å². The number of carbonyl (C=O) groups is 2. The molecule has 0 fully saturated rings. The van der Waals surface area contributed by atoms with E-state index in [4.69, 9.17) is 5.11 Å². The number of carboxylic acid groups (broad SMARTS) is 1. The van der Waals surface area contributed by atoms with Crippen molar-refractivity contribution in [1.82, 2.24) is 5.32 Å². The Morgan fingerprint density at radius 1 is 1.22 bits per heavy atom. The van der Waals surface area contributed by atoms with Crippen LogP contribution < -0.4 is 10.6 Å². The number of aryl methyl sites for hydroxylation is 1. The van der Waals surface area contributed by atoms with Crippen LogP contribution in [-0.2, 0) is 4.79 Å². The lowest BCUT2D eigenvalue weighted by molar-refractivity contribution is -0.138. The maximum absolute atomic E-state index is 11.7. The molecule has 1 aromatic carbocycles. The minimum atomic E-state index is -0.948. The molecule has 0 atom stereocenters. The fraction of sp³-hybridized carbons (Fsp3) is 0.385. The molecule has 18 heavy (non-hydrogen) atoms. The minimum Gasteiger partial charge on any atom is -0.481 e. The Morgan fingerprint density at radius 3 is 2.28 bits per heavy atom. The summed E-state index contributed by atoms with van der Waals surface area (Å²) in [5.41, 5.74) is 0.983. The summed E-state index contributed by atoms with van der Waals surface area (Å²) in [5.74, 6) is -0.948. The second-order valence-electron chi connectivity index (χ2n) is 4.90. The number of amides is 2. The number of carboxylic acids is 1. The van der Waals surface area contributed by atoms with Gasteiger partial charge >= 0.3 is 12.0 Å². The van der Waals surface area contributed by atoms with Crippen LogP contribution in [0.3, 0.4) is 0 Å². The molecule has 0 radical (unpaired) electrons. The third-order valence-electron chi connectivity index (χ3n) is 2.35. The third kappa shape index (κ3) is 4.86. The van der Waals surface area contributed by atoms with Gasteiger partial charge in [0.15, 0.2) is 0 Å². The van der Waals surface area contributed by atoms with Gasteiger partial charge in [-0.3, -0.25) is 4.79 Å². The van der Waals surface area contributed by atoms with Gasteiger partial charge < -0.3 is 15.7 Å². The molecule has 0 aromatic heterocycles. The molecule has 0 bridgehead atoms. The van der Waals surface area contributed by atoms with Crippen LogP contribution in [0.4, 0.5) is 10.5 Å². The van der Waals surface area contributed by atoms with Crippen LogP contribution in [0.15, 0.2) is 24.3 Å². The quantitative estimate of drug-likeness (QED) is 0.767. The first kappa shape index (κ1) is 14.0. The van der Waals surface area contributed by atoms with Crippen molar-refractivity contribution in [3.63, 3.8) is 0 Å². The predicted molar refractivity (Wildman–Crippen MR) is 69.7 cm³/mol. The Balaban J connectivity index is 2.56. The summed E-state index contributed by atoms with van der Waals surface area (Å²) in [6.45, 7) is 5.28. The molecule has 0 aliphatic carbocycles. The molecule has 2 amide bonds. The number of benzene rings is 1. The van der Waals surface area contributed by atoms with Crippen molar-refractivity contribution in [1.29, 1.82) is 0 Å². The average Bonchev–Trinajstić information content (AvgIpc) is 2.18. The number of rotatable bonds is 4. The SMILES string of the molecule is Cc1ccc(NC(=O)NC(C)(C)CC(=O)O)cc1. The molecule has 1 rings (SSSR count). The van der Waals surface area contributed by atoms with Gasteiger partial charge in [-0.25, -0.2) is 4.79 Å². The van der Waals surface area contributed by atoms with E-state index in [1.54, 1.807) is 26.0 Å². The summed E-state index contributed by atoms with van der Waals surface area (Å²) < 4.78 is 0. The Labute approximate surface area is 106 Å². The van der Waals surface area contributed by atoms with Gasteiger partial charge in [0.25, 0.3) is 0 Å². The predicted octanol–water partition coefficient (Wildman–Crippen LogP) is 2.37. The van der Waals surface area contributed by atoms with Crippen LogP contribution in [-0.4, -0.2) is 22.6 Å². The summed E-state index contributed by atoms with van der Waals surface area (Å²) in [6, 6.07) is 6.94. The summed E-state index contributed by atoms with van der Waals surface area (Å²) in [5, 5.41) is 14.0. The molecule has 0 saturated heterocycles. The maximum atomic E-state index is 11.7. The largest absolute Gasteiger partial charge is 0.481 e. The van der Waals surface area contributed by atoms with Crippen LogP contribution in [0.1, 0.15) is 25.8 Å². The molecule has 0 aliphatic heterocycles. The van der Waals surface area contributed by atoms with E-state index < -0.39 is 17.5 Å². The van der Waals surface area contributed by atoms with Gasteiger partial charge in [0.1, 0.15) is 0 Å². The molecule has 3 N–H and O–H groups in total. The first-order chi connectivity index (χ1) is 8.28. The second-order valence-corrected chi connectivity index (χ2v) is 4.90. The van der Waals surface area contributed by atoms with Crippen LogP contribution >= 0.6 is 0 Å². The van der Waals surface area contributed by atoms with Crippen LogP contribution in [0.25, 0.3) is 0 Å². The number of urea groups is 1. The van der Waals surface area contributed by atoms with E-state index in [2.05, 4.69) is 10.6 Å². The van der Waals surface area contributed by atoms with Crippen molar-refractivity contribution < 1.29 is 14.7 Å². The zero-order valence-electron chi connectivity index (χ0n) is 10.8. The molecule has 0 saturated carbocycles. The summed E-state index contributed by atoms with van der Waals surface area (Å²) >= 11 is 0. The average molecular weight is 250 g/mol. The van der Waals surface area contributed by atoms with E-state index in [1.807, 2.05) is 19.1 Å². The van der Waals surface area contributed by atoms with E-state index in [9.17, 15) is 9.59 Å². The normalized spacial score (nSPS) is 10.8. The molecule has 0 aliphatic rings. The number of anilines is 1. The van der Waals surface area contributed by atoms with Crippen LogP contribution in [0.5, 0.6) is 0 Å². The Hall–Kier alpha value is -2.04. The molecule has 98 valence electrons. The summed E-state index contributed by atoms with van der Waals surface area (Å²) in [6.07, 6.45) is -0.131. The summed E-state index contributed by atoms with van der Waals surface area (Å²) in [7, 11) is 0. The van der Waals surface area contributed by atoms with Crippen molar-refractivity contribution in [3.8, 4) is 0 Å². The van der Waals surface area contributed by atoms with Crippen molar-refractivity contribution in [2.45, 2.75) is 32.7 Å². The molecule has 5 heteroatoms. The van der Waals surface area contributed by atoms with E-state index in [0.29, 0.717) is 5.69 Å². The lowest BCUT2D eigenvalue weighted by Crippen LogP contribution is -2.46. The van der Waals surface area contributed by atoms with Crippen LogP contribution in [0.2, 0.25) is 0 Å². The molecule has 5 nitrogen and oxygen atoms in total.